The topological polar surface area (TPSA) is 46.3 Å². The van der Waals surface area contributed by atoms with E-state index in [-0.39, 0.29) is 24.2 Å². The number of halogens is 1. The number of carbonyl (C=O) groups excluding carboxylic acids is 1. The Bertz CT molecular complexity index is 495. The van der Waals surface area contributed by atoms with Crippen LogP contribution in [0.5, 0.6) is 0 Å². The lowest BCUT2D eigenvalue weighted by Crippen LogP contribution is -2.39. The molecular weight excluding hydrogens is 320 g/mol. The Kier molecular flexibility index (Phi) is 8.79. The minimum Gasteiger partial charge on any atom is -0.369 e. The van der Waals surface area contributed by atoms with Crippen molar-refractivity contribution < 1.29 is 4.79 Å². The zero-order valence-corrected chi connectivity index (χ0v) is 16.1. The number of nitrogens with two attached hydrogens (primary N) is 1. The normalized spacial score (nSPS) is 18.0. The van der Waals surface area contributed by atoms with Crippen LogP contribution in [0.3, 0.4) is 0 Å². The number of rotatable bonds is 7. The standard InChI is InChI=1S/C20H32N2O.ClH/c1-15(2)13-17-7-9-18(10-8-17)19(20(21)23)14-16(3)22-11-5-4-6-12-22;/h7-10,15-16,19H,4-6,11-14H2,1-3H3,(H2,21,23);1H/t16?,19-;/m0./s1. The Morgan fingerprint density at radius 2 is 1.67 bits per heavy atom. The van der Waals surface area contributed by atoms with E-state index in [1.165, 1.54) is 24.8 Å². The lowest BCUT2D eigenvalue weighted by Gasteiger charge is -2.34. The molecule has 1 saturated heterocycles. The van der Waals surface area contributed by atoms with Crippen molar-refractivity contribution >= 4 is 18.3 Å². The molecule has 0 aliphatic carbocycles. The zero-order chi connectivity index (χ0) is 16.8. The third-order valence-electron chi connectivity index (χ3n) is 4.96. The number of hydrogen-bond donors (Lipinski definition) is 1. The molecule has 0 saturated carbocycles. The number of carbonyl (C=O) groups is 1. The molecule has 0 spiro atoms. The van der Waals surface area contributed by atoms with E-state index in [0.717, 1.165) is 31.5 Å². The predicted molar refractivity (Wildman–Crippen MR) is 104 cm³/mol. The molecule has 1 unspecified atom stereocenters. The molecule has 4 heteroatoms. The molecule has 0 aromatic heterocycles. The van der Waals surface area contributed by atoms with Gasteiger partial charge in [-0.1, -0.05) is 44.5 Å². The van der Waals surface area contributed by atoms with Gasteiger partial charge in [0.25, 0.3) is 0 Å². The summed E-state index contributed by atoms with van der Waals surface area (Å²) in [6, 6.07) is 8.89. The number of benzene rings is 1. The van der Waals surface area contributed by atoms with Crippen molar-refractivity contribution in [3.63, 3.8) is 0 Å². The monoisotopic (exact) mass is 352 g/mol. The molecule has 3 nitrogen and oxygen atoms in total. The Morgan fingerprint density at radius 1 is 1.08 bits per heavy atom. The van der Waals surface area contributed by atoms with Crippen molar-refractivity contribution in [3.8, 4) is 0 Å². The Hall–Kier alpha value is -1.06. The highest BCUT2D eigenvalue weighted by Gasteiger charge is 2.25. The van der Waals surface area contributed by atoms with Crippen LogP contribution in [-0.2, 0) is 11.2 Å². The van der Waals surface area contributed by atoms with E-state index in [1.807, 2.05) is 0 Å². The van der Waals surface area contributed by atoms with E-state index >= 15 is 0 Å². The maximum absolute atomic E-state index is 12.0. The summed E-state index contributed by atoms with van der Waals surface area (Å²) in [6.07, 6.45) is 5.77. The third-order valence-corrected chi connectivity index (χ3v) is 4.96. The van der Waals surface area contributed by atoms with Crippen LogP contribution in [0.25, 0.3) is 0 Å². The van der Waals surface area contributed by atoms with Gasteiger partial charge in [-0.3, -0.25) is 4.79 Å². The average molecular weight is 353 g/mol. The molecule has 1 aromatic rings. The van der Waals surface area contributed by atoms with Crippen LogP contribution < -0.4 is 5.73 Å². The summed E-state index contributed by atoms with van der Waals surface area (Å²) in [4.78, 5) is 14.5. The van der Waals surface area contributed by atoms with Gasteiger partial charge in [-0.25, -0.2) is 0 Å². The molecule has 24 heavy (non-hydrogen) atoms. The Morgan fingerprint density at radius 3 is 2.17 bits per heavy atom. The number of nitrogens with zero attached hydrogens (tertiary/aromatic N) is 1. The van der Waals surface area contributed by atoms with E-state index < -0.39 is 0 Å². The van der Waals surface area contributed by atoms with Gasteiger partial charge >= 0.3 is 0 Å². The fraction of sp³-hybridized carbons (Fsp3) is 0.650. The molecule has 2 N–H and O–H groups in total. The van der Waals surface area contributed by atoms with Crippen molar-refractivity contribution in [2.45, 2.75) is 64.8 Å². The van der Waals surface area contributed by atoms with Crippen molar-refractivity contribution in [3.05, 3.63) is 35.4 Å². The molecular formula is C20H33ClN2O. The number of piperidine rings is 1. The van der Waals surface area contributed by atoms with Crippen LogP contribution >= 0.6 is 12.4 Å². The predicted octanol–water partition coefficient (Wildman–Crippen LogP) is 4.14. The maximum atomic E-state index is 12.0. The maximum Gasteiger partial charge on any atom is 0.225 e. The number of likely N-dealkylation sites (tertiary alicyclic amines) is 1. The highest BCUT2D eigenvalue weighted by molar-refractivity contribution is 5.85. The van der Waals surface area contributed by atoms with Crippen LogP contribution in [0.15, 0.2) is 24.3 Å². The Labute approximate surface area is 153 Å². The summed E-state index contributed by atoms with van der Waals surface area (Å²) < 4.78 is 0. The molecule has 0 radical (unpaired) electrons. The highest BCUT2D eigenvalue weighted by atomic mass is 35.5. The van der Waals surface area contributed by atoms with Gasteiger partial charge < -0.3 is 10.6 Å². The first-order chi connectivity index (χ1) is 11.0. The first-order valence-electron chi connectivity index (χ1n) is 9.09. The van der Waals surface area contributed by atoms with Gasteiger partial charge in [-0.15, -0.1) is 12.4 Å². The molecule has 1 aromatic carbocycles. The van der Waals surface area contributed by atoms with E-state index in [9.17, 15) is 4.79 Å². The van der Waals surface area contributed by atoms with Crippen molar-refractivity contribution in [2.24, 2.45) is 11.7 Å². The van der Waals surface area contributed by atoms with E-state index in [2.05, 4.69) is 49.9 Å². The van der Waals surface area contributed by atoms with Gasteiger partial charge in [0.1, 0.15) is 0 Å². The number of amides is 1. The quantitative estimate of drug-likeness (QED) is 0.801. The minimum atomic E-state index is -0.203. The van der Waals surface area contributed by atoms with Crippen molar-refractivity contribution in [1.29, 1.82) is 0 Å². The van der Waals surface area contributed by atoms with Crippen LogP contribution in [-0.4, -0.2) is 29.9 Å². The first-order valence-corrected chi connectivity index (χ1v) is 9.09. The average Bonchev–Trinajstić information content (AvgIpc) is 2.53. The van der Waals surface area contributed by atoms with Crippen LogP contribution in [0.2, 0.25) is 0 Å². The van der Waals surface area contributed by atoms with Gasteiger partial charge in [0, 0.05) is 6.04 Å². The molecule has 1 fully saturated rings. The second kappa shape index (κ2) is 10.0. The number of hydrogen-bond acceptors (Lipinski definition) is 2. The molecule has 1 amide bonds. The van der Waals surface area contributed by atoms with Gasteiger partial charge in [-0.2, -0.15) is 0 Å². The smallest absolute Gasteiger partial charge is 0.225 e. The van der Waals surface area contributed by atoms with Gasteiger partial charge in [-0.05, 0) is 62.7 Å². The summed E-state index contributed by atoms with van der Waals surface area (Å²) in [5.74, 6) is 0.261. The van der Waals surface area contributed by atoms with Crippen LogP contribution in [0.4, 0.5) is 0 Å². The molecule has 2 atom stereocenters. The fourth-order valence-electron chi connectivity index (χ4n) is 3.62. The van der Waals surface area contributed by atoms with E-state index in [0.29, 0.717) is 12.0 Å². The molecule has 1 heterocycles. The first kappa shape index (κ1) is 21.0. The van der Waals surface area contributed by atoms with Gasteiger partial charge in [0.05, 0.1) is 5.92 Å². The van der Waals surface area contributed by atoms with Crippen LogP contribution in [0.1, 0.15) is 63.5 Å². The van der Waals surface area contributed by atoms with Crippen LogP contribution in [0, 0.1) is 5.92 Å². The summed E-state index contributed by atoms with van der Waals surface area (Å²) in [6.45, 7) is 8.98. The van der Waals surface area contributed by atoms with E-state index in [1.54, 1.807) is 0 Å². The molecule has 2 rings (SSSR count). The minimum absolute atomic E-state index is 0. The SMILES string of the molecule is CC(C)Cc1ccc([C@H](CC(C)N2CCCCC2)C(N)=O)cc1.Cl. The lowest BCUT2D eigenvalue weighted by molar-refractivity contribution is -0.119. The van der Waals surface area contributed by atoms with Gasteiger partial charge in [0.2, 0.25) is 5.91 Å². The summed E-state index contributed by atoms with van der Waals surface area (Å²) in [5, 5.41) is 0. The molecule has 0 bridgehead atoms. The summed E-state index contributed by atoms with van der Waals surface area (Å²) in [5.41, 5.74) is 8.10. The zero-order valence-electron chi connectivity index (χ0n) is 15.3. The lowest BCUT2D eigenvalue weighted by atomic mass is 9.89. The van der Waals surface area contributed by atoms with E-state index in [4.69, 9.17) is 5.73 Å². The summed E-state index contributed by atoms with van der Waals surface area (Å²) >= 11 is 0. The second-order valence-corrected chi connectivity index (χ2v) is 7.48. The summed E-state index contributed by atoms with van der Waals surface area (Å²) in [7, 11) is 0. The second-order valence-electron chi connectivity index (χ2n) is 7.48. The Balaban J connectivity index is 0.00000288. The molecule has 1 aliphatic heterocycles. The number of primary amides is 1. The largest absolute Gasteiger partial charge is 0.369 e. The third kappa shape index (κ3) is 6.10. The fourth-order valence-corrected chi connectivity index (χ4v) is 3.62. The van der Waals surface area contributed by atoms with Gasteiger partial charge in [0.15, 0.2) is 0 Å². The highest BCUT2D eigenvalue weighted by Crippen LogP contribution is 2.25. The van der Waals surface area contributed by atoms with Crippen molar-refractivity contribution in [2.75, 3.05) is 13.1 Å². The molecule has 136 valence electrons. The molecule has 1 aliphatic rings. The van der Waals surface area contributed by atoms with Crippen molar-refractivity contribution in [1.82, 2.24) is 4.90 Å².